The predicted molar refractivity (Wildman–Crippen MR) is 78.4 cm³/mol. The third kappa shape index (κ3) is 3.53. The molecule has 1 aromatic carbocycles. The second-order valence-corrected chi connectivity index (χ2v) is 5.26. The van der Waals surface area contributed by atoms with Crippen LogP contribution in [0.1, 0.15) is 5.82 Å². The van der Waals surface area contributed by atoms with E-state index in [4.69, 9.17) is 21.1 Å². The molecule has 1 aromatic heterocycles. The number of nitrogens with zero attached hydrogens (tertiary/aromatic N) is 1. The van der Waals surface area contributed by atoms with Crippen molar-refractivity contribution >= 4 is 28.5 Å². The maximum atomic E-state index is 11.8. The molecule has 0 bridgehead atoms. The minimum absolute atomic E-state index is 0.145. The molecule has 3 rings (SSSR count). The summed E-state index contributed by atoms with van der Waals surface area (Å²) in [5.41, 5.74) is 1.76. The zero-order valence-corrected chi connectivity index (χ0v) is 12.2. The number of carbonyl (C=O) groups is 1. The third-order valence-corrected chi connectivity index (χ3v) is 3.50. The molecule has 21 heavy (non-hydrogen) atoms. The van der Waals surface area contributed by atoms with Crippen LogP contribution in [0.15, 0.2) is 18.2 Å². The summed E-state index contributed by atoms with van der Waals surface area (Å²) in [6.45, 7) is 1.81. The Morgan fingerprint density at radius 3 is 3.19 bits per heavy atom. The molecular weight excluding hydrogens is 294 g/mol. The Labute approximate surface area is 126 Å². The summed E-state index contributed by atoms with van der Waals surface area (Å²) in [5, 5.41) is 3.49. The molecule has 1 saturated heterocycles. The molecule has 112 valence electrons. The highest BCUT2D eigenvalue weighted by Crippen LogP contribution is 2.17. The molecule has 0 spiro atoms. The minimum atomic E-state index is -0.506. The van der Waals surface area contributed by atoms with Crippen molar-refractivity contribution in [2.75, 3.05) is 26.4 Å². The second-order valence-electron chi connectivity index (χ2n) is 4.82. The number of aromatic nitrogens is 2. The van der Waals surface area contributed by atoms with E-state index in [0.717, 1.165) is 16.9 Å². The molecule has 7 heteroatoms. The number of halogens is 1. The quantitative estimate of drug-likeness (QED) is 0.892. The number of carbonyl (C=O) groups excluding carboxylic acids is 1. The average molecular weight is 310 g/mol. The van der Waals surface area contributed by atoms with Gasteiger partial charge in [-0.3, -0.25) is 4.79 Å². The lowest BCUT2D eigenvalue weighted by Crippen LogP contribution is -2.43. The second kappa shape index (κ2) is 6.43. The van der Waals surface area contributed by atoms with Crippen LogP contribution >= 0.6 is 11.6 Å². The van der Waals surface area contributed by atoms with Gasteiger partial charge in [0.15, 0.2) is 6.10 Å². The third-order valence-electron chi connectivity index (χ3n) is 3.26. The van der Waals surface area contributed by atoms with Gasteiger partial charge in [0.2, 0.25) is 0 Å². The standard InChI is InChI=1S/C14H16ClN3O3/c15-9-1-2-10-11(7-9)18-13(17-10)3-4-16-14(19)12-8-20-5-6-21-12/h1-2,7,12H,3-6,8H2,(H,16,19)(H,17,18)/t12-/m0/s1. The van der Waals surface area contributed by atoms with Gasteiger partial charge in [-0.1, -0.05) is 11.6 Å². The Hall–Kier alpha value is -1.63. The van der Waals surface area contributed by atoms with Crippen LogP contribution in [0.5, 0.6) is 0 Å². The van der Waals surface area contributed by atoms with Gasteiger partial charge in [-0.25, -0.2) is 4.98 Å². The number of hydrogen-bond acceptors (Lipinski definition) is 4. The zero-order valence-electron chi connectivity index (χ0n) is 11.4. The number of amides is 1. The number of nitrogens with one attached hydrogen (secondary N) is 2. The van der Waals surface area contributed by atoms with Crippen molar-refractivity contribution in [2.45, 2.75) is 12.5 Å². The summed E-state index contributed by atoms with van der Waals surface area (Å²) in [6.07, 6.45) is 0.110. The van der Waals surface area contributed by atoms with Crippen LogP contribution in [-0.4, -0.2) is 48.3 Å². The van der Waals surface area contributed by atoms with Crippen LogP contribution in [0.4, 0.5) is 0 Å². The molecule has 2 aromatic rings. The van der Waals surface area contributed by atoms with E-state index < -0.39 is 6.10 Å². The molecule has 1 aliphatic rings. The van der Waals surface area contributed by atoms with Gasteiger partial charge in [-0.15, -0.1) is 0 Å². The Kier molecular flexibility index (Phi) is 4.38. The van der Waals surface area contributed by atoms with E-state index in [-0.39, 0.29) is 5.91 Å². The SMILES string of the molecule is O=C(NCCc1nc2ccc(Cl)cc2[nH]1)[C@@H]1COCCO1. The van der Waals surface area contributed by atoms with Crippen molar-refractivity contribution in [3.05, 3.63) is 29.0 Å². The number of ether oxygens (including phenoxy) is 2. The van der Waals surface area contributed by atoms with Crippen molar-refractivity contribution in [1.29, 1.82) is 0 Å². The maximum Gasteiger partial charge on any atom is 0.251 e. The van der Waals surface area contributed by atoms with Crippen molar-refractivity contribution < 1.29 is 14.3 Å². The minimum Gasteiger partial charge on any atom is -0.376 e. The highest BCUT2D eigenvalue weighted by molar-refractivity contribution is 6.31. The van der Waals surface area contributed by atoms with E-state index in [0.29, 0.717) is 37.8 Å². The van der Waals surface area contributed by atoms with E-state index in [2.05, 4.69) is 15.3 Å². The molecule has 0 unspecified atom stereocenters. The van der Waals surface area contributed by atoms with Crippen molar-refractivity contribution in [3.8, 4) is 0 Å². The van der Waals surface area contributed by atoms with Gasteiger partial charge in [-0.2, -0.15) is 0 Å². The summed E-state index contributed by atoms with van der Waals surface area (Å²) in [6, 6.07) is 5.50. The van der Waals surface area contributed by atoms with E-state index in [1.165, 1.54) is 0 Å². The van der Waals surface area contributed by atoms with Crippen LogP contribution in [0.25, 0.3) is 11.0 Å². The number of hydrogen-bond donors (Lipinski definition) is 2. The topological polar surface area (TPSA) is 76.2 Å². The molecule has 2 heterocycles. The van der Waals surface area contributed by atoms with Gasteiger partial charge in [0.25, 0.3) is 5.91 Å². The summed E-state index contributed by atoms with van der Waals surface area (Å²) in [4.78, 5) is 19.5. The number of H-pyrrole nitrogens is 1. The van der Waals surface area contributed by atoms with Gasteiger partial charge in [-0.05, 0) is 18.2 Å². The first-order chi connectivity index (χ1) is 10.2. The van der Waals surface area contributed by atoms with E-state index in [1.54, 1.807) is 6.07 Å². The molecule has 1 amide bonds. The summed E-state index contributed by atoms with van der Waals surface area (Å²) >= 11 is 5.93. The molecule has 0 aliphatic carbocycles. The molecule has 0 saturated carbocycles. The van der Waals surface area contributed by atoms with Crippen LogP contribution in [-0.2, 0) is 20.7 Å². The van der Waals surface area contributed by atoms with Gasteiger partial charge in [0.05, 0.1) is 30.9 Å². The summed E-state index contributed by atoms with van der Waals surface area (Å²) in [5.74, 6) is 0.669. The van der Waals surface area contributed by atoms with Crippen LogP contribution in [0.2, 0.25) is 5.02 Å². The van der Waals surface area contributed by atoms with E-state index >= 15 is 0 Å². The Balaban J connectivity index is 1.53. The van der Waals surface area contributed by atoms with Gasteiger partial charge in [0.1, 0.15) is 5.82 Å². The molecule has 1 fully saturated rings. The molecule has 1 aliphatic heterocycles. The smallest absolute Gasteiger partial charge is 0.251 e. The molecule has 2 N–H and O–H groups in total. The average Bonchev–Trinajstić information content (AvgIpc) is 2.89. The van der Waals surface area contributed by atoms with Crippen LogP contribution < -0.4 is 5.32 Å². The molecule has 6 nitrogen and oxygen atoms in total. The highest BCUT2D eigenvalue weighted by Gasteiger charge is 2.22. The first kappa shape index (κ1) is 14.3. The fourth-order valence-electron chi connectivity index (χ4n) is 2.21. The van der Waals surface area contributed by atoms with Gasteiger partial charge in [0, 0.05) is 18.0 Å². The van der Waals surface area contributed by atoms with Crippen LogP contribution in [0, 0.1) is 0 Å². The lowest BCUT2D eigenvalue weighted by Gasteiger charge is -2.21. The molecular formula is C14H16ClN3O3. The monoisotopic (exact) mass is 309 g/mol. The van der Waals surface area contributed by atoms with Gasteiger partial charge >= 0.3 is 0 Å². The van der Waals surface area contributed by atoms with Crippen molar-refractivity contribution in [1.82, 2.24) is 15.3 Å². The van der Waals surface area contributed by atoms with Crippen molar-refractivity contribution in [3.63, 3.8) is 0 Å². The first-order valence-corrected chi connectivity index (χ1v) is 7.21. The van der Waals surface area contributed by atoms with Gasteiger partial charge < -0.3 is 19.8 Å². The highest BCUT2D eigenvalue weighted by atomic mass is 35.5. The molecule has 1 atom stereocenters. The maximum absolute atomic E-state index is 11.8. The normalized spacial score (nSPS) is 18.8. The lowest BCUT2D eigenvalue weighted by atomic mass is 10.3. The lowest BCUT2D eigenvalue weighted by molar-refractivity contribution is -0.147. The molecule has 0 radical (unpaired) electrons. The van der Waals surface area contributed by atoms with Crippen LogP contribution in [0.3, 0.4) is 0 Å². The Bertz CT molecular complexity index is 637. The first-order valence-electron chi connectivity index (χ1n) is 6.83. The summed E-state index contributed by atoms with van der Waals surface area (Å²) < 4.78 is 10.5. The number of fused-ring (bicyclic) bond motifs is 1. The fourth-order valence-corrected chi connectivity index (χ4v) is 2.38. The van der Waals surface area contributed by atoms with E-state index in [9.17, 15) is 4.79 Å². The largest absolute Gasteiger partial charge is 0.376 e. The summed E-state index contributed by atoms with van der Waals surface area (Å²) in [7, 11) is 0. The van der Waals surface area contributed by atoms with Crippen molar-refractivity contribution in [2.24, 2.45) is 0 Å². The Morgan fingerprint density at radius 1 is 1.48 bits per heavy atom. The fraction of sp³-hybridized carbons (Fsp3) is 0.429. The number of aromatic amines is 1. The van der Waals surface area contributed by atoms with E-state index in [1.807, 2.05) is 12.1 Å². The number of imidazole rings is 1. The number of benzene rings is 1. The zero-order chi connectivity index (χ0) is 14.7. The predicted octanol–water partition coefficient (Wildman–Crippen LogP) is 1.29. The Morgan fingerprint density at radius 2 is 2.38 bits per heavy atom. The number of rotatable bonds is 4.